The molecule has 8 heteroatoms. The van der Waals surface area contributed by atoms with E-state index in [0.717, 1.165) is 57.1 Å². The minimum absolute atomic E-state index is 0.210. The summed E-state index contributed by atoms with van der Waals surface area (Å²) in [6.45, 7) is 5.58. The van der Waals surface area contributed by atoms with E-state index in [1.54, 1.807) is 12.1 Å². The maximum absolute atomic E-state index is 10.5. The molecule has 0 radical (unpaired) electrons. The molecule has 0 spiro atoms. The van der Waals surface area contributed by atoms with E-state index in [0.29, 0.717) is 28.5 Å². The van der Waals surface area contributed by atoms with Gasteiger partial charge in [0.25, 0.3) is 0 Å². The molecule has 0 saturated carbocycles. The molecule has 150 valence electrons. The van der Waals surface area contributed by atoms with E-state index >= 15 is 0 Å². The van der Waals surface area contributed by atoms with Crippen LogP contribution in [0.2, 0.25) is 0 Å². The van der Waals surface area contributed by atoms with Gasteiger partial charge in [-0.05, 0) is 18.6 Å². The van der Waals surface area contributed by atoms with Gasteiger partial charge in [0.05, 0.1) is 42.7 Å². The molecule has 3 heterocycles. The predicted molar refractivity (Wildman–Crippen MR) is 113 cm³/mol. The van der Waals surface area contributed by atoms with Crippen molar-refractivity contribution in [3.8, 4) is 17.3 Å². The van der Waals surface area contributed by atoms with Gasteiger partial charge in [-0.1, -0.05) is 12.1 Å². The zero-order valence-corrected chi connectivity index (χ0v) is 16.9. The highest BCUT2D eigenvalue weighted by Crippen LogP contribution is 2.32. The van der Waals surface area contributed by atoms with Crippen molar-refractivity contribution in [2.75, 3.05) is 45.9 Å². The van der Waals surface area contributed by atoms with Crippen LogP contribution >= 0.6 is 11.3 Å². The van der Waals surface area contributed by atoms with Crippen LogP contribution in [0.25, 0.3) is 16.8 Å². The van der Waals surface area contributed by atoms with Crippen LogP contribution in [-0.2, 0) is 4.74 Å². The average Bonchev–Trinajstić information content (AvgIpc) is 3.33. The number of aromatic nitrogens is 1. The second-order valence-electron chi connectivity index (χ2n) is 7.13. The number of rotatable bonds is 6. The van der Waals surface area contributed by atoms with Gasteiger partial charge in [-0.15, -0.1) is 11.3 Å². The SMILES string of the molecule is N#Cc1ccc(-c2csc(C3=C(O)CN(CCCN4CCOCC4)C3=N)n2)cc1. The van der Waals surface area contributed by atoms with Gasteiger partial charge in [0.15, 0.2) is 0 Å². The topological polar surface area (TPSA) is 96.5 Å². The largest absolute Gasteiger partial charge is 0.510 e. The summed E-state index contributed by atoms with van der Waals surface area (Å²) >= 11 is 1.42. The molecule has 2 aliphatic rings. The third-order valence-electron chi connectivity index (χ3n) is 5.22. The van der Waals surface area contributed by atoms with E-state index in [1.165, 1.54) is 11.3 Å². The molecular weight excluding hydrogens is 386 g/mol. The molecule has 2 aliphatic heterocycles. The maximum atomic E-state index is 10.5. The lowest BCUT2D eigenvalue weighted by atomic mass is 10.1. The smallest absolute Gasteiger partial charge is 0.135 e. The summed E-state index contributed by atoms with van der Waals surface area (Å²) in [5, 5.41) is 30.5. The van der Waals surface area contributed by atoms with E-state index in [-0.39, 0.29) is 5.76 Å². The number of amidine groups is 1. The van der Waals surface area contributed by atoms with Gasteiger partial charge in [-0.25, -0.2) is 4.98 Å². The van der Waals surface area contributed by atoms with Crippen LogP contribution in [0.1, 0.15) is 17.0 Å². The number of nitriles is 1. The molecule has 1 saturated heterocycles. The first kappa shape index (κ1) is 19.6. The first-order chi connectivity index (χ1) is 14.2. The van der Waals surface area contributed by atoms with Crippen LogP contribution in [0.4, 0.5) is 0 Å². The maximum Gasteiger partial charge on any atom is 0.135 e. The van der Waals surface area contributed by atoms with Crippen LogP contribution in [0.3, 0.4) is 0 Å². The van der Waals surface area contributed by atoms with Crippen LogP contribution in [-0.4, -0.2) is 71.7 Å². The van der Waals surface area contributed by atoms with E-state index in [2.05, 4.69) is 16.0 Å². The predicted octanol–water partition coefficient (Wildman–Crippen LogP) is 2.97. The summed E-state index contributed by atoms with van der Waals surface area (Å²) in [6.07, 6.45) is 0.942. The Morgan fingerprint density at radius 1 is 1.21 bits per heavy atom. The normalized spacial score (nSPS) is 17.8. The summed E-state index contributed by atoms with van der Waals surface area (Å²) in [7, 11) is 0. The Hall–Kier alpha value is -2.73. The van der Waals surface area contributed by atoms with Gasteiger partial charge in [0, 0.05) is 37.1 Å². The van der Waals surface area contributed by atoms with Gasteiger partial charge in [0.1, 0.15) is 16.6 Å². The number of thiazole rings is 1. The summed E-state index contributed by atoms with van der Waals surface area (Å²) in [4.78, 5) is 8.92. The van der Waals surface area contributed by atoms with Crippen molar-refractivity contribution in [3.05, 3.63) is 46.0 Å². The molecule has 0 aliphatic carbocycles. The van der Waals surface area contributed by atoms with Crippen molar-refractivity contribution in [1.82, 2.24) is 14.8 Å². The molecule has 0 bridgehead atoms. The lowest BCUT2D eigenvalue weighted by molar-refractivity contribution is 0.0368. The molecule has 2 N–H and O–H groups in total. The Labute approximate surface area is 174 Å². The molecule has 4 rings (SSSR count). The molecular formula is C21H23N5O2S. The number of nitrogens with one attached hydrogen (secondary N) is 1. The third-order valence-corrected chi connectivity index (χ3v) is 6.08. The lowest BCUT2D eigenvalue weighted by Crippen LogP contribution is -2.38. The number of aliphatic hydroxyl groups is 1. The lowest BCUT2D eigenvalue weighted by Gasteiger charge is -2.27. The van der Waals surface area contributed by atoms with E-state index in [9.17, 15) is 5.11 Å². The fourth-order valence-electron chi connectivity index (χ4n) is 3.60. The van der Waals surface area contributed by atoms with Crippen molar-refractivity contribution in [2.45, 2.75) is 6.42 Å². The van der Waals surface area contributed by atoms with Crippen LogP contribution in [0.5, 0.6) is 0 Å². The molecule has 29 heavy (non-hydrogen) atoms. The molecule has 1 fully saturated rings. The zero-order chi connectivity index (χ0) is 20.2. The number of aliphatic hydroxyl groups excluding tert-OH is 1. The van der Waals surface area contributed by atoms with Crippen molar-refractivity contribution in [1.29, 1.82) is 10.7 Å². The van der Waals surface area contributed by atoms with Crippen LogP contribution < -0.4 is 0 Å². The summed E-state index contributed by atoms with van der Waals surface area (Å²) < 4.78 is 5.37. The summed E-state index contributed by atoms with van der Waals surface area (Å²) in [5.74, 6) is 0.548. The first-order valence-corrected chi connectivity index (χ1v) is 10.6. The molecule has 0 amide bonds. The highest BCUT2D eigenvalue weighted by molar-refractivity contribution is 7.11. The quantitative estimate of drug-likeness (QED) is 0.761. The molecule has 1 aromatic carbocycles. The highest BCUT2D eigenvalue weighted by atomic mass is 32.1. The van der Waals surface area contributed by atoms with E-state index in [1.807, 2.05) is 22.4 Å². The monoisotopic (exact) mass is 409 g/mol. The third kappa shape index (κ3) is 4.32. The minimum Gasteiger partial charge on any atom is -0.510 e. The Morgan fingerprint density at radius 2 is 1.97 bits per heavy atom. The van der Waals surface area contributed by atoms with Crippen molar-refractivity contribution in [2.24, 2.45) is 0 Å². The Bertz CT molecular complexity index is 954. The minimum atomic E-state index is 0.210. The van der Waals surface area contributed by atoms with Crippen molar-refractivity contribution >= 4 is 22.7 Å². The molecule has 0 unspecified atom stereocenters. The zero-order valence-electron chi connectivity index (χ0n) is 16.1. The Morgan fingerprint density at radius 3 is 2.69 bits per heavy atom. The van der Waals surface area contributed by atoms with Gasteiger partial charge in [-0.3, -0.25) is 10.3 Å². The number of hydrogen-bond donors (Lipinski definition) is 2. The summed E-state index contributed by atoms with van der Waals surface area (Å²) in [6, 6.07) is 9.36. The van der Waals surface area contributed by atoms with E-state index in [4.69, 9.17) is 15.4 Å². The fourth-order valence-corrected chi connectivity index (χ4v) is 4.49. The Balaban J connectivity index is 1.39. The van der Waals surface area contributed by atoms with Gasteiger partial charge < -0.3 is 14.7 Å². The van der Waals surface area contributed by atoms with Crippen LogP contribution in [0.15, 0.2) is 35.4 Å². The molecule has 2 aromatic rings. The number of nitrogens with zero attached hydrogens (tertiary/aromatic N) is 4. The van der Waals surface area contributed by atoms with Crippen molar-refractivity contribution < 1.29 is 9.84 Å². The molecule has 7 nitrogen and oxygen atoms in total. The molecule has 0 atom stereocenters. The first-order valence-electron chi connectivity index (χ1n) is 9.68. The number of benzene rings is 1. The van der Waals surface area contributed by atoms with Gasteiger partial charge >= 0.3 is 0 Å². The second-order valence-corrected chi connectivity index (χ2v) is 7.98. The molecule has 1 aromatic heterocycles. The standard InChI is InChI=1S/C21H23N5O2S/c22-12-15-2-4-16(5-3-15)17-14-29-21(24-17)19-18(27)13-26(20(19)23)7-1-6-25-8-10-28-11-9-25/h2-5,14,23,27H,1,6-11,13H2. The van der Waals surface area contributed by atoms with E-state index < -0.39 is 0 Å². The summed E-state index contributed by atoms with van der Waals surface area (Å²) in [5.41, 5.74) is 2.84. The average molecular weight is 410 g/mol. The highest BCUT2D eigenvalue weighted by Gasteiger charge is 2.30. The van der Waals surface area contributed by atoms with Crippen LogP contribution in [0, 0.1) is 16.7 Å². The van der Waals surface area contributed by atoms with Crippen molar-refractivity contribution in [3.63, 3.8) is 0 Å². The Kier molecular flexibility index (Phi) is 5.90. The second kappa shape index (κ2) is 8.74. The fraction of sp³-hybridized carbons (Fsp3) is 0.381. The number of hydrogen-bond acceptors (Lipinski definition) is 7. The van der Waals surface area contributed by atoms with Gasteiger partial charge in [-0.2, -0.15) is 5.26 Å². The van der Waals surface area contributed by atoms with Gasteiger partial charge in [0.2, 0.25) is 0 Å². The number of morpholine rings is 1. The number of ether oxygens (including phenoxy) is 1.